The summed E-state index contributed by atoms with van der Waals surface area (Å²) in [5, 5.41) is 0. The molecule has 12 heteroatoms. The summed E-state index contributed by atoms with van der Waals surface area (Å²) in [4.78, 5) is 55.6. The minimum absolute atomic E-state index is 0.0316. The van der Waals surface area contributed by atoms with E-state index in [1.54, 1.807) is 85.6 Å². The van der Waals surface area contributed by atoms with E-state index in [1.807, 2.05) is 25.1 Å². The summed E-state index contributed by atoms with van der Waals surface area (Å²) >= 11 is 2.47. The molecule has 2 fully saturated rings. The van der Waals surface area contributed by atoms with E-state index in [4.69, 9.17) is 0 Å². The average Bonchev–Trinajstić information content (AvgIpc) is 3.53. The fourth-order valence-electron chi connectivity index (χ4n) is 7.69. The van der Waals surface area contributed by atoms with Crippen molar-refractivity contribution in [1.82, 2.24) is 9.80 Å². The highest BCUT2D eigenvalue weighted by molar-refractivity contribution is 8.02. The number of hydrogen-bond acceptors (Lipinski definition) is 8. The van der Waals surface area contributed by atoms with Crippen molar-refractivity contribution in [3.05, 3.63) is 96.1 Å². The van der Waals surface area contributed by atoms with Crippen molar-refractivity contribution in [3.8, 4) is 0 Å². The van der Waals surface area contributed by atoms with Gasteiger partial charge in [0.1, 0.15) is 11.9 Å². The molecular weight excluding hydrogens is 679 g/mol. The van der Waals surface area contributed by atoms with E-state index >= 15 is 9.59 Å². The normalized spacial score (nSPS) is 26.0. The van der Waals surface area contributed by atoms with Gasteiger partial charge in [-0.15, -0.1) is 23.5 Å². The van der Waals surface area contributed by atoms with Crippen LogP contribution in [0, 0.1) is 0 Å². The molecule has 2 saturated heterocycles. The van der Waals surface area contributed by atoms with Crippen LogP contribution in [0.1, 0.15) is 68.8 Å². The molecule has 3 aromatic carbocycles. The van der Waals surface area contributed by atoms with Crippen molar-refractivity contribution in [2.45, 2.75) is 79.1 Å². The Morgan fingerprint density at radius 2 is 1.47 bits per heavy atom. The van der Waals surface area contributed by atoms with Crippen LogP contribution >= 0.6 is 23.5 Å². The lowest BCUT2D eigenvalue weighted by Crippen LogP contribution is -2.74. The number of fused-ring (bicyclic) bond motifs is 5. The maximum Gasteiger partial charge on any atom is 0.266 e. The quantitative estimate of drug-likeness (QED) is 0.195. The Balaban J connectivity index is 1.52. The van der Waals surface area contributed by atoms with E-state index in [2.05, 4.69) is 0 Å². The van der Waals surface area contributed by atoms with Crippen LogP contribution in [-0.4, -0.2) is 76.1 Å². The molecule has 3 heterocycles. The number of likely N-dealkylation sites (N-methyl/N-ethyl adjacent to an activating group) is 1. The van der Waals surface area contributed by atoms with Gasteiger partial charge in [-0.3, -0.25) is 24.1 Å². The zero-order chi connectivity index (χ0) is 35.2. The Morgan fingerprint density at radius 1 is 0.857 bits per heavy atom. The molecule has 9 nitrogen and oxygen atoms in total. The second-order valence-electron chi connectivity index (χ2n) is 13.1. The monoisotopic (exact) mass is 719 g/mol. The number of carbonyl (C=O) groups excluding carboxylic acids is 4. The van der Waals surface area contributed by atoms with Gasteiger partial charge in [0.2, 0.25) is 0 Å². The highest BCUT2D eigenvalue weighted by Gasteiger charge is 2.75. The van der Waals surface area contributed by atoms with Crippen molar-refractivity contribution < 1.29 is 27.6 Å². The molecule has 0 unspecified atom stereocenters. The second kappa shape index (κ2) is 13.3. The first-order valence-electron chi connectivity index (χ1n) is 16.5. The largest absolute Gasteiger partial charge is 0.320 e. The number of ketones is 2. The lowest BCUT2D eigenvalue weighted by atomic mass is 9.74. The molecule has 2 amide bonds. The summed E-state index contributed by atoms with van der Waals surface area (Å²) in [5.41, 5.74) is 0.929. The van der Waals surface area contributed by atoms with Crippen LogP contribution in [0.15, 0.2) is 89.8 Å². The van der Waals surface area contributed by atoms with E-state index < -0.39 is 37.3 Å². The highest BCUT2D eigenvalue weighted by atomic mass is 32.2. The van der Waals surface area contributed by atoms with Gasteiger partial charge in [-0.05, 0) is 44.0 Å². The van der Waals surface area contributed by atoms with Crippen LogP contribution < -0.4 is 4.31 Å². The summed E-state index contributed by atoms with van der Waals surface area (Å²) in [5.74, 6) is -0.269. The standard InChI is InChI=1S/C37H41N3O6S3/c1-5-22-36-25-37(48-24-21-31(42)27-14-8-6-9-15-27)34(44)38(4)35(3,47-23-20-26(2)41)33(43)39(37)32(36)40(30-19-13-12-18-29(30)36)49(45,46)28-16-10-7-11-17-28/h6-19,32H,5,20-25H2,1-4H3/t32-,35-,36+,37-/m0/s1. The first-order chi connectivity index (χ1) is 23.3. The molecule has 49 heavy (non-hydrogen) atoms. The Morgan fingerprint density at radius 3 is 2.12 bits per heavy atom. The molecule has 0 radical (unpaired) electrons. The van der Waals surface area contributed by atoms with E-state index in [1.165, 1.54) is 39.7 Å². The molecule has 3 aromatic rings. The number of thioether (sulfide) groups is 2. The fourth-order valence-corrected chi connectivity index (χ4v) is 12.2. The number of benzene rings is 3. The van der Waals surface area contributed by atoms with Gasteiger partial charge in [0.25, 0.3) is 21.8 Å². The number of Topliss-reactive ketones (excluding diaryl/α,β-unsaturated/α-hetero) is 2. The lowest BCUT2D eigenvalue weighted by Gasteiger charge is -2.54. The maximum atomic E-state index is 15.3. The number of sulfonamides is 1. The van der Waals surface area contributed by atoms with E-state index in [0.29, 0.717) is 29.8 Å². The van der Waals surface area contributed by atoms with Gasteiger partial charge in [0.05, 0.1) is 10.6 Å². The number of piperazine rings is 1. The molecule has 3 aliphatic rings. The molecule has 0 saturated carbocycles. The molecule has 0 aromatic heterocycles. The van der Waals surface area contributed by atoms with E-state index in [-0.39, 0.29) is 47.4 Å². The fraction of sp³-hybridized carbons (Fsp3) is 0.405. The Labute approximate surface area is 296 Å². The van der Waals surface area contributed by atoms with Crippen molar-refractivity contribution in [2.75, 3.05) is 22.9 Å². The highest BCUT2D eigenvalue weighted by Crippen LogP contribution is 2.65. The van der Waals surface area contributed by atoms with Crippen LogP contribution in [0.25, 0.3) is 0 Å². The number of rotatable bonds is 13. The molecule has 3 aliphatic heterocycles. The Bertz CT molecular complexity index is 1890. The van der Waals surface area contributed by atoms with Crippen LogP contribution in [0.5, 0.6) is 0 Å². The molecule has 6 rings (SSSR count). The van der Waals surface area contributed by atoms with Crippen molar-refractivity contribution in [1.29, 1.82) is 0 Å². The first-order valence-corrected chi connectivity index (χ1v) is 19.9. The second-order valence-corrected chi connectivity index (χ2v) is 17.8. The summed E-state index contributed by atoms with van der Waals surface area (Å²) in [7, 11) is -2.62. The molecular formula is C37H41N3O6S3. The summed E-state index contributed by atoms with van der Waals surface area (Å²) < 4.78 is 30.9. The number of para-hydroxylation sites is 1. The zero-order valence-corrected chi connectivity index (χ0v) is 30.6. The third-order valence-electron chi connectivity index (χ3n) is 10.1. The number of amides is 2. The minimum atomic E-state index is -4.23. The molecule has 4 atom stereocenters. The van der Waals surface area contributed by atoms with E-state index in [0.717, 1.165) is 5.56 Å². The van der Waals surface area contributed by atoms with Crippen LogP contribution in [0.4, 0.5) is 5.69 Å². The Hall–Kier alpha value is -3.61. The molecule has 0 bridgehead atoms. The van der Waals surface area contributed by atoms with Crippen molar-refractivity contribution in [3.63, 3.8) is 0 Å². The van der Waals surface area contributed by atoms with E-state index in [9.17, 15) is 18.0 Å². The SMILES string of the molecule is CCC[C@]12C[C@]3(SCCC(=O)c4ccccc4)C(=O)N(C)[C@@](C)(SCCC(C)=O)C(=O)N3[C@H]1N(S(=O)(=O)c1ccccc1)c1ccccc12. The average molecular weight is 720 g/mol. The molecule has 0 spiro atoms. The van der Waals surface area contributed by atoms with Gasteiger partial charge in [0, 0.05) is 48.8 Å². The smallest absolute Gasteiger partial charge is 0.266 e. The van der Waals surface area contributed by atoms with Gasteiger partial charge in [-0.2, -0.15) is 0 Å². The van der Waals surface area contributed by atoms with Gasteiger partial charge in [-0.1, -0.05) is 80.1 Å². The van der Waals surface area contributed by atoms with Crippen molar-refractivity contribution in [2.24, 2.45) is 0 Å². The molecule has 258 valence electrons. The third kappa shape index (κ3) is 5.60. The van der Waals surface area contributed by atoms with Gasteiger partial charge in [0.15, 0.2) is 15.5 Å². The van der Waals surface area contributed by atoms with Crippen LogP contribution in [0.3, 0.4) is 0 Å². The lowest BCUT2D eigenvalue weighted by molar-refractivity contribution is -0.163. The zero-order valence-electron chi connectivity index (χ0n) is 28.1. The van der Waals surface area contributed by atoms with Gasteiger partial charge < -0.3 is 4.90 Å². The topological polar surface area (TPSA) is 112 Å². The summed E-state index contributed by atoms with van der Waals surface area (Å²) in [6, 6.07) is 24.5. The number of nitrogens with zero attached hydrogens (tertiary/aromatic N) is 3. The summed E-state index contributed by atoms with van der Waals surface area (Å²) in [6.07, 6.45) is 0.701. The summed E-state index contributed by atoms with van der Waals surface area (Å²) in [6.45, 7) is 5.19. The Kier molecular flexibility index (Phi) is 9.53. The van der Waals surface area contributed by atoms with Crippen LogP contribution in [0.2, 0.25) is 0 Å². The first kappa shape index (κ1) is 35.2. The number of hydrogen-bond donors (Lipinski definition) is 0. The van der Waals surface area contributed by atoms with Gasteiger partial charge >= 0.3 is 0 Å². The number of carbonyl (C=O) groups is 4. The van der Waals surface area contributed by atoms with Crippen molar-refractivity contribution >= 4 is 62.6 Å². The predicted molar refractivity (Wildman–Crippen MR) is 194 cm³/mol. The number of anilines is 1. The molecule has 0 aliphatic carbocycles. The minimum Gasteiger partial charge on any atom is -0.320 e. The van der Waals surface area contributed by atoms with Crippen LogP contribution in [-0.2, 0) is 29.8 Å². The third-order valence-corrected chi connectivity index (χ3v) is 14.7. The van der Waals surface area contributed by atoms with Gasteiger partial charge in [-0.25, -0.2) is 12.7 Å². The molecule has 0 N–H and O–H groups in total. The maximum absolute atomic E-state index is 15.3. The predicted octanol–water partition coefficient (Wildman–Crippen LogP) is 6.09.